The number of thioether (sulfide) groups is 1. The Morgan fingerprint density at radius 3 is 2.19 bits per heavy atom. The number of fused-ring (bicyclic) bond motifs is 1. The third-order valence-corrected chi connectivity index (χ3v) is 9.24. The lowest BCUT2D eigenvalue weighted by Gasteiger charge is -2.51. The fourth-order valence-electron chi connectivity index (χ4n) is 4.90. The Morgan fingerprint density at radius 1 is 1.00 bits per heavy atom. The highest BCUT2D eigenvalue weighted by Gasteiger charge is 2.56. The topological polar surface area (TPSA) is 113 Å². The Hall–Kier alpha value is -3.93. The Kier molecular flexibility index (Phi) is 9.10. The van der Waals surface area contributed by atoms with Crippen molar-refractivity contribution in [3.05, 3.63) is 101 Å². The SMILES string of the molecule is CC(=O)N(c1cccs1)C1C(=O)N2C=C(COC(=O)CC(C)O)C(C(=O)OC(c3ccccc3)c3ccccc3)S[C@H]12. The summed E-state index contributed by atoms with van der Waals surface area (Å²) < 4.78 is 11.5. The standard InChI is InChI=1S/C31H30N2O7S2/c1-19(34)16-25(36)39-18-23-17-32-29(37)26(33(20(2)35)24-14-9-15-41-24)30(32)42-28(23)31(38)40-27(21-10-5-3-6-11-21)22-12-7-4-8-13-22/h3-15,17,19,26-28,30,34H,16,18H2,1-2H3/t19?,26?,28?,30-/m1/s1. The van der Waals surface area contributed by atoms with Crippen LogP contribution in [0.1, 0.15) is 37.5 Å². The van der Waals surface area contributed by atoms with Crippen molar-refractivity contribution in [3.8, 4) is 0 Å². The van der Waals surface area contributed by atoms with E-state index >= 15 is 0 Å². The van der Waals surface area contributed by atoms with Crippen molar-refractivity contribution >= 4 is 51.9 Å². The van der Waals surface area contributed by atoms with Gasteiger partial charge >= 0.3 is 11.9 Å². The average Bonchev–Trinajstić information content (AvgIpc) is 3.51. The summed E-state index contributed by atoms with van der Waals surface area (Å²) in [5, 5.41) is 10.5. The van der Waals surface area contributed by atoms with Gasteiger partial charge in [-0.1, -0.05) is 60.7 Å². The number of rotatable bonds is 10. The van der Waals surface area contributed by atoms with Gasteiger partial charge in [0.15, 0.2) is 6.10 Å². The van der Waals surface area contributed by atoms with E-state index in [0.717, 1.165) is 11.1 Å². The molecule has 2 aliphatic heterocycles. The van der Waals surface area contributed by atoms with Crippen molar-refractivity contribution < 1.29 is 33.8 Å². The molecule has 3 heterocycles. The zero-order chi connectivity index (χ0) is 29.8. The summed E-state index contributed by atoms with van der Waals surface area (Å²) in [4.78, 5) is 55.1. The van der Waals surface area contributed by atoms with Gasteiger partial charge in [0.25, 0.3) is 5.91 Å². The molecule has 2 amide bonds. The molecule has 0 radical (unpaired) electrons. The van der Waals surface area contributed by atoms with Crippen molar-refractivity contribution in [2.24, 2.45) is 0 Å². The molecule has 1 saturated heterocycles. The second kappa shape index (κ2) is 12.9. The number of carbonyl (C=O) groups excluding carboxylic acids is 4. The highest BCUT2D eigenvalue weighted by atomic mass is 32.2. The number of hydrogen-bond acceptors (Lipinski definition) is 9. The summed E-state index contributed by atoms with van der Waals surface area (Å²) in [6, 6.07) is 21.5. The number of benzene rings is 2. The lowest BCUT2D eigenvalue weighted by molar-refractivity contribution is -0.149. The molecule has 2 aliphatic rings. The highest BCUT2D eigenvalue weighted by molar-refractivity contribution is 8.01. The zero-order valence-corrected chi connectivity index (χ0v) is 24.6. The van der Waals surface area contributed by atoms with Crippen LogP contribution >= 0.6 is 23.1 Å². The minimum Gasteiger partial charge on any atom is -0.461 e. The van der Waals surface area contributed by atoms with E-state index < -0.39 is 40.8 Å². The van der Waals surface area contributed by atoms with Crippen LogP contribution in [0.3, 0.4) is 0 Å². The van der Waals surface area contributed by atoms with E-state index in [0.29, 0.717) is 10.6 Å². The quantitative estimate of drug-likeness (QED) is 0.269. The van der Waals surface area contributed by atoms with Gasteiger partial charge in [0, 0.05) is 18.7 Å². The van der Waals surface area contributed by atoms with E-state index in [-0.39, 0.29) is 24.8 Å². The summed E-state index contributed by atoms with van der Waals surface area (Å²) in [6.07, 6.45) is -0.269. The maximum atomic E-state index is 13.9. The molecule has 1 fully saturated rings. The third kappa shape index (κ3) is 6.28. The number of thiophene rings is 1. The van der Waals surface area contributed by atoms with E-state index in [1.165, 1.54) is 52.9 Å². The number of amides is 2. The number of esters is 2. The van der Waals surface area contributed by atoms with Gasteiger partial charge in [-0.3, -0.25) is 24.1 Å². The number of carbonyl (C=O) groups is 4. The highest BCUT2D eigenvalue weighted by Crippen LogP contribution is 2.45. The molecular weight excluding hydrogens is 576 g/mol. The minimum atomic E-state index is -0.923. The first-order chi connectivity index (χ1) is 20.2. The maximum Gasteiger partial charge on any atom is 0.324 e. The molecule has 0 aliphatic carbocycles. The Balaban J connectivity index is 1.44. The lowest BCUT2D eigenvalue weighted by atomic mass is 10.0. The van der Waals surface area contributed by atoms with Crippen molar-refractivity contribution in [1.29, 1.82) is 0 Å². The van der Waals surface area contributed by atoms with E-state index in [2.05, 4.69) is 0 Å². The number of aliphatic hydroxyl groups excluding tert-OH is 1. The molecule has 42 heavy (non-hydrogen) atoms. The van der Waals surface area contributed by atoms with Crippen LogP contribution in [-0.2, 0) is 28.7 Å². The van der Waals surface area contributed by atoms with Crippen LogP contribution in [0.25, 0.3) is 0 Å². The molecule has 1 aromatic heterocycles. The van der Waals surface area contributed by atoms with Crippen LogP contribution in [0.2, 0.25) is 0 Å². The number of aliphatic hydroxyl groups is 1. The van der Waals surface area contributed by atoms with Crippen molar-refractivity contribution in [3.63, 3.8) is 0 Å². The summed E-state index contributed by atoms with van der Waals surface area (Å²) in [5.74, 6) is -1.80. The van der Waals surface area contributed by atoms with Crippen LogP contribution in [-0.4, -0.2) is 63.1 Å². The smallest absolute Gasteiger partial charge is 0.324 e. The number of ether oxygens (including phenoxy) is 2. The van der Waals surface area contributed by atoms with Gasteiger partial charge in [-0.15, -0.1) is 23.1 Å². The Morgan fingerprint density at radius 2 is 1.64 bits per heavy atom. The molecule has 0 bridgehead atoms. The van der Waals surface area contributed by atoms with Gasteiger partial charge in [-0.05, 0) is 35.6 Å². The zero-order valence-electron chi connectivity index (χ0n) is 23.0. The summed E-state index contributed by atoms with van der Waals surface area (Å²) in [7, 11) is 0. The molecule has 0 spiro atoms. The second-order valence-electron chi connectivity index (χ2n) is 9.99. The van der Waals surface area contributed by atoms with Gasteiger partial charge in [-0.2, -0.15) is 0 Å². The minimum absolute atomic E-state index is 0.207. The van der Waals surface area contributed by atoms with E-state index in [1.54, 1.807) is 12.1 Å². The number of anilines is 1. The molecule has 3 unspecified atom stereocenters. The van der Waals surface area contributed by atoms with Crippen LogP contribution < -0.4 is 4.90 Å². The number of nitrogens with zero attached hydrogens (tertiary/aromatic N) is 2. The number of hydrogen-bond donors (Lipinski definition) is 1. The first-order valence-corrected chi connectivity index (χ1v) is 15.2. The molecule has 11 heteroatoms. The van der Waals surface area contributed by atoms with Gasteiger partial charge in [0.2, 0.25) is 5.91 Å². The molecule has 5 rings (SSSR count). The lowest BCUT2D eigenvalue weighted by Crippen LogP contribution is -2.70. The molecule has 1 N–H and O–H groups in total. The van der Waals surface area contributed by atoms with Crippen LogP contribution in [0.15, 0.2) is 89.9 Å². The number of β-lactam (4-membered cyclic amide) rings is 1. The van der Waals surface area contributed by atoms with E-state index in [1.807, 2.05) is 66.0 Å². The van der Waals surface area contributed by atoms with Gasteiger partial charge < -0.3 is 19.5 Å². The van der Waals surface area contributed by atoms with Crippen molar-refractivity contribution in [2.75, 3.05) is 11.5 Å². The van der Waals surface area contributed by atoms with Crippen molar-refractivity contribution in [2.45, 2.75) is 49.1 Å². The Bertz CT molecular complexity index is 1420. The largest absolute Gasteiger partial charge is 0.461 e. The summed E-state index contributed by atoms with van der Waals surface area (Å²) >= 11 is 2.53. The molecule has 9 nitrogen and oxygen atoms in total. The molecule has 218 valence electrons. The van der Waals surface area contributed by atoms with Crippen LogP contribution in [0.4, 0.5) is 5.00 Å². The molecule has 2 aromatic carbocycles. The monoisotopic (exact) mass is 606 g/mol. The fraction of sp³-hybridized carbons (Fsp3) is 0.290. The first kappa shape index (κ1) is 29.6. The molecule has 0 saturated carbocycles. The molecular formula is C31H30N2O7S2. The first-order valence-electron chi connectivity index (χ1n) is 13.4. The molecule has 3 aromatic rings. The normalized spacial score (nSPS) is 20.2. The van der Waals surface area contributed by atoms with E-state index in [9.17, 15) is 24.3 Å². The predicted octanol–water partition coefficient (Wildman–Crippen LogP) is 4.28. The molecule has 4 atom stereocenters. The van der Waals surface area contributed by atoms with Crippen LogP contribution in [0, 0.1) is 0 Å². The van der Waals surface area contributed by atoms with Gasteiger partial charge in [0.1, 0.15) is 23.3 Å². The Labute approximate surface area is 251 Å². The van der Waals surface area contributed by atoms with E-state index in [4.69, 9.17) is 9.47 Å². The van der Waals surface area contributed by atoms with Crippen LogP contribution in [0.5, 0.6) is 0 Å². The third-order valence-electron chi connectivity index (χ3n) is 6.84. The maximum absolute atomic E-state index is 13.9. The fourth-order valence-corrected chi connectivity index (χ4v) is 7.14. The second-order valence-corrected chi connectivity index (χ2v) is 12.1. The van der Waals surface area contributed by atoms with Gasteiger partial charge in [-0.25, -0.2) is 0 Å². The predicted molar refractivity (Wildman–Crippen MR) is 159 cm³/mol. The van der Waals surface area contributed by atoms with Crippen molar-refractivity contribution in [1.82, 2.24) is 4.90 Å². The van der Waals surface area contributed by atoms with Gasteiger partial charge in [0.05, 0.1) is 17.5 Å². The summed E-state index contributed by atoms with van der Waals surface area (Å²) in [6.45, 7) is 2.62. The average molecular weight is 607 g/mol. The summed E-state index contributed by atoms with van der Waals surface area (Å²) in [5.41, 5.74) is 1.94.